The molecule has 0 spiro atoms. The Bertz CT molecular complexity index is 3460. The second-order valence-corrected chi connectivity index (χ2v) is 26.8. The van der Waals surface area contributed by atoms with Gasteiger partial charge in [-0.05, 0) is 0 Å². The molecule has 7 heterocycles. The van der Waals surface area contributed by atoms with Gasteiger partial charge in [0.25, 0.3) is 0 Å². The Labute approximate surface area is 787 Å². The molecule has 7 rings (SSSR count). The summed E-state index contributed by atoms with van der Waals surface area (Å²) >= 11 is 0. The van der Waals surface area contributed by atoms with Crippen LogP contribution in [-0.4, -0.2) is 332 Å². The summed E-state index contributed by atoms with van der Waals surface area (Å²) in [6.45, 7) is -6.13. The number of carboxylic acid groups (broad SMARTS) is 2. The molecule has 0 amide bonds. The molecule has 0 aromatic rings. The van der Waals surface area contributed by atoms with Crippen molar-refractivity contribution in [2.45, 2.75) is 153 Å². The Balaban J connectivity index is -0.00000544. The molecule has 0 aliphatic carbocycles. The number of methoxy groups -OCH3 is 7. The molecule has 7 fully saturated rings. The minimum absolute atomic E-state index is 0. The van der Waals surface area contributed by atoms with Crippen molar-refractivity contribution in [3.63, 3.8) is 0 Å². The van der Waals surface area contributed by atoms with Crippen LogP contribution in [0.5, 0.6) is 0 Å². The van der Waals surface area contributed by atoms with E-state index in [1.807, 2.05) is 0 Å². The summed E-state index contributed by atoms with van der Waals surface area (Å²) in [5, 5.41) is 26.6. The minimum atomic E-state index is -6.51. The van der Waals surface area contributed by atoms with Crippen molar-refractivity contribution in [3.05, 3.63) is 0 Å². The summed E-state index contributed by atoms with van der Waals surface area (Å²) in [4.78, 5) is 26.6. The third kappa shape index (κ3) is 32.8. The van der Waals surface area contributed by atoms with Crippen molar-refractivity contribution in [1.29, 1.82) is 0 Å². The van der Waals surface area contributed by atoms with E-state index >= 15 is 0 Å². The monoisotopic (exact) mass is 1720 g/mol. The molecular formula is C38H53Na9O49S7. The molecule has 0 N–H and O–H groups in total. The summed E-state index contributed by atoms with van der Waals surface area (Å²) in [5.74, 6) is -4.90. The van der Waals surface area contributed by atoms with Gasteiger partial charge < -0.3 is 132 Å². The van der Waals surface area contributed by atoms with Crippen molar-refractivity contribution in [2.75, 3.05) is 76.2 Å². The zero-order valence-electron chi connectivity index (χ0n) is 57.0. The van der Waals surface area contributed by atoms with Gasteiger partial charge in [-0.1, -0.05) is 0 Å². The number of fused-ring (bicyclic) bond motifs is 3. The van der Waals surface area contributed by atoms with Crippen LogP contribution < -0.4 is 276 Å². The van der Waals surface area contributed by atoms with Gasteiger partial charge in [0.15, 0.2) is 49.3 Å². The molecule has 0 radical (unpaired) electrons. The van der Waals surface area contributed by atoms with Gasteiger partial charge in [0.1, 0.15) is 104 Å². The van der Waals surface area contributed by atoms with Crippen LogP contribution in [0, 0.1) is 0 Å². The number of rotatable bonds is 34. The Hall–Kier alpha value is 6.35. The van der Waals surface area contributed by atoms with E-state index < -0.39 is 264 Å². The third-order valence-electron chi connectivity index (χ3n) is 14.1. The molecule has 65 heteroatoms. The van der Waals surface area contributed by atoms with Gasteiger partial charge in [0, 0.05) is 49.8 Å². The number of ether oxygens (including phenoxy) is 17. The van der Waals surface area contributed by atoms with Crippen molar-refractivity contribution in [2.24, 2.45) is 0 Å². The predicted molar refractivity (Wildman–Crippen MR) is 259 cm³/mol. The van der Waals surface area contributed by atoms with E-state index in [0.29, 0.717) is 14.2 Å². The fourth-order valence-corrected chi connectivity index (χ4v) is 13.4. The van der Waals surface area contributed by atoms with E-state index in [4.69, 9.17) is 80.5 Å². The van der Waals surface area contributed by atoms with E-state index in [2.05, 4.69) is 29.3 Å². The van der Waals surface area contributed by atoms with Crippen LogP contribution >= 0.6 is 0 Å². The van der Waals surface area contributed by atoms with Gasteiger partial charge >= 0.3 is 266 Å². The summed E-state index contributed by atoms with van der Waals surface area (Å²) in [7, 11) is -36.6. The quantitative estimate of drug-likeness (QED) is 0.0328. The van der Waals surface area contributed by atoms with Crippen molar-refractivity contribution < 1.29 is 486 Å². The van der Waals surface area contributed by atoms with Crippen LogP contribution in [0.3, 0.4) is 0 Å². The molecule has 7 saturated heterocycles. The smallest absolute Gasteiger partial charge is 0.726 e. The molecule has 0 aromatic carbocycles. The number of carbonyl (C=O) groups excluding carboxylic acids is 2. The summed E-state index contributed by atoms with van der Waals surface area (Å²) in [6, 6.07) is 0. The topological polar surface area (TPSA) is 702 Å². The first-order valence-electron chi connectivity index (χ1n) is 25.3. The van der Waals surface area contributed by atoms with Gasteiger partial charge in [-0.25, -0.2) is 58.9 Å². The number of hydrogen-bond acceptors (Lipinski definition) is 49. The second-order valence-electron chi connectivity index (χ2n) is 19.6. The molecule has 0 unspecified atom stereocenters. The maximum atomic E-state index is 13.5. The third-order valence-corrected chi connectivity index (χ3v) is 17.2. The normalized spacial score (nSPS) is 35.5. The fraction of sp³-hybridized carbons (Fsp3) is 0.947. The Morgan fingerprint density at radius 3 is 1.00 bits per heavy atom. The largest absolute Gasteiger partial charge is 1.00 e. The van der Waals surface area contributed by atoms with Crippen LogP contribution in [0.1, 0.15) is 0 Å². The molecule has 25 atom stereocenters. The summed E-state index contributed by atoms with van der Waals surface area (Å²) in [5.41, 5.74) is -3.55. The molecular weight excluding hydrogens is 1670 g/mol. The molecule has 7 aliphatic rings. The van der Waals surface area contributed by atoms with Gasteiger partial charge in [0.2, 0.25) is 72.8 Å². The summed E-state index contributed by atoms with van der Waals surface area (Å²) in [6.07, 6.45) is -58.5. The number of carboxylic acids is 2. The van der Waals surface area contributed by atoms with Crippen LogP contribution in [0.2, 0.25) is 0 Å². The average Bonchev–Trinajstić information content (AvgIpc) is 0.719. The zero-order chi connectivity index (χ0) is 70.8. The SMILES string of the molecule is CO[C@H]1O[C@@H](COS(=O)(=O)[O-])[C@H](O[C@H]2O[C@]3(C(=O)[O-])CO[C@H]2[C@H](OC)[C@H]3O[C@@H]2O[C@@H](COS(=O)(=O)[O-])[C@H](O[C@H]3O[C@@H](C(=O)[O-])[C@H](O[C@@H]4O[C@@H](COS(=O)(=O)[O-])[C@H](OC)[C@@H](OC)[C@@H]4OC)[C@@H](OC)[C@@H]3OC)[C@@H](OS(=O)(=O)[O-])[C@@H]2OS(=O)(=O)[O-])[C@@H](OS(=O)(=O)[O-])[C@@H]1OS(=O)(=O)[O-].[Na+].[Na+].[Na+].[Na+].[Na+].[Na+].[Na+].[Na+].[Na+]. The maximum Gasteiger partial charge on any atom is 1.00 e. The zero-order valence-corrected chi connectivity index (χ0v) is 80.8. The van der Waals surface area contributed by atoms with Crippen molar-refractivity contribution >= 4 is 84.7 Å². The molecule has 7 aliphatic heterocycles. The van der Waals surface area contributed by atoms with Gasteiger partial charge in [-0.3, -0.25) is 29.3 Å². The standard InChI is InChI=1S/C38H62O49S7.9Na/c1-64-15-12(8-72-88(43,44)45)76-33(25(68-5)18(15)65-2)80-20-19(66-3)26(69-6)34(81-24(20)31(39)40)78-16-14(10-74-90(49,50)51)77-35(29(87-94(61,62)63)22(16)85-92(55,56)57)82-30-23(67-4)27-36(83-38(30,11-71-27)37(41)42)79-17-13(9-73-89(46,47)48)75-32(70-7)28(86-93(58,59)60)21(17)84-91(52,53)54;;;;;;;;;/h12-30,32-36H,8-11H2,1-7H3,(H,39,40)(H,41,42)(H,43,44,45)(H,46,47,48)(H,49,50,51)(H,52,53,54)(H,55,56,57)(H,58,59,60)(H,61,62,63);;;;;;;;;/q;9*+1/p-9/t12-,13-,14-,15-,16-,17-,18+,19+,20+,21+,22+,23-,24+,25-,26-,27-,28-,29-,30+,32-,33-,34-,35-,36-,38+;;;;;;;;;/m0........./s1. The number of carbonyl (C=O) groups is 2. The molecule has 2 bridgehead atoms. The molecule has 103 heavy (non-hydrogen) atoms. The van der Waals surface area contributed by atoms with Gasteiger partial charge in [-0.15, -0.1) is 0 Å². The molecule has 550 valence electrons. The maximum absolute atomic E-state index is 13.5. The Kier molecular flexibility index (Phi) is 54.5. The van der Waals surface area contributed by atoms with E-state index in [0.717, 1.165) is 35.5 Å². The first kappa shape index (κ1) is 116. The molecule has 49 nitrogen and oxygen atoms in total. The molecule has 0 saturated carbocycles. The number of aliphatic carboxylic acids is 2. The Morgan fingerprint density at radius 1 is 0.350 bits per heavy atom. The fourth-order valence-electron chi connectivity index (χ4n) is 10.6. The van der Waals surface area contributed by atoms with Crippen LogP contribution in [0.15, 0.2) is 0 Å². The first-order chi connectivity index (χ1) is 43.2. The van der Waals surface area contributed by atoms with Crippen LogP contribution in [-0.2, 0) is 192 Å². The van der Waals surface area contributed by atoms with Crippen molar-refractivity contribution in [1.82, 2.24) is 0 Å². The van der Waals surface area contributed by atoms with E-state index in [1.165, 1.54) is 0 Å². The average molecular weight is 1730 g/mol. The van der Waals surface area contributed by atoms with E-state index in [1.54, 1.807) is 0 Å². The second kappa shape index (κ2) is 48.6. The molecule has 0 aromatic heterocycles. The summed E-state index contributed by atoms with van der Waals surface area (Å²) < 4.78 is 378. The van der Waals surface area contributed by atoms with Crippen LogP contribution in [0.25, 0.3) is 0 Å². The predicted octanol–water partition coefficient (Wildman–Crippen LogP) is -40.0. The van der Waals surface area contributed by atoms with E-state index in [9.17, 15) is 111 Å². The van der Waals surface area contributed by atoms with Gasteiger partial charge in [-0.2, -0.15) is 0 Å². The Morgan fingerprint density at radius 2 is 0.660 bits per heavy atom. The van der Waals surface area contributed by atoms with Crippen molar-refractivity contribution in [3.8, 4) is 0 Å². The van der Waals surface area contributed by atoms with Crippen LogP contribution in [0.4, 0.5) is 0 Å². The number of hydrogen-bond donors (Lipinski definition) is 0. The van der Waals surface area contributed by atoms with E-state index in [-0.39, 0.29) is 266 Å². The first-order valence-corrected chi connectivity index (χ1v) is 34.6. The van der Waals surface area contributed by atoms with Gasteiger partial charge in [0.05, 0.1) is 38.4 Å². The minimum Gasteiger partial charge on any atom is -0.726 e.